The van der Waals surface area contributed by atoms with Crippen LogP contribution in [0.25, 0.3) is 0 Å². The van der Waals surface area contributed by atoms with Crippen molar-refractivity contribution in [1.82, 2.24) is 0 Å². The molecule has 1 N–H and O–H groups in total. The molecule has 1 saturated heterocycles. The van der Waals surface area contributed by atoms with Crippen LogP contribution in [0, 0.1) is 0 Å². The molecule has 1 fully saturated rings. The lowest BCUT2D eigenvalue weighted by Gasteiger charge is -1.99. The summed E-state index contributed by atoms with van der Waals surface area (Å²) in [5, 5.41) is 9.23. The third kappa shape index (κ3) is 2.34. The largest absolute Gasteiger partial charge is 0.391 e. The van der Waals surface area contributed by atoms with Crippen LogP contribution in [0.2, 0.25) is 0 Å². The van der Waals surface area contributed by atoms with Crippen LogP contribution in [-0.2, 0) is 11.2 Å². The van der Waals surface area contributed by atoms with Crippen LogP contribution in [0.1, 0.15) is 18.9 Å². The van der Waals surface area contributed by atoms with Crippen molar-refractivity contribution in [3.8, 4) is 0 Å². The van der Waals surface area contributed by atoms with Crippen molar-refractivity contribution < 1.29 is 9.84 Å². The Hall–Kier alpha value is -0.860. The van der Waals surface area contributed by atoms with Gasteiger partial charge in [0.2, 0.25) is 0 Å². The first kappa shape index (κ1) is 9.69. The number of hydrogen-bond acceptors (Lipinski definition) is 2. The molecule has 14 heavy (non-hydrogen) atoms. The van der Waals surface area contributed by atoms with Gasteiger partial charge in [0.15, 0.2) is 0 Å². The molecule has 0 radical (unpaired) electrons. The highest BCUT2D eigenvalue weighted by atomic mass is 16.6. The van der Waals surface area contributed by atoms with Gasteiger partial charge in [0.25, 0.3) is 0 Å². The fourth-order valence-corrected chi connectivity index (χ4v) is 1.77. The first-order valence-electron chi connectivity index (χ1n) is 5.15. The fraction of sp³-hybridized carbons (Fsp3) is 0.500. The Labute approximate surface area is 84.5 Å². The molecule has 2 nitrogen and oxygen atoms in total. The van der Waals surface area contributed by atoms with E-state index in [-0.39, 0.29) is 18.3 Å². The zero-order chi connectivity index (χ0) is 9.97. The number of aryl methyl sites for hydroxylation is 1. The van der Waals surface area contributed by atoms with Crippen molar-refractivity contribution >= 4 is 0 Å². The first-order valence-corrected chi connectivity index (χ1v) is 5.15. The molecule has 1 aliphatic rings. The third-order valence-electron chi connectivity index (χ3n) is 2.66. The van der Waals surface area contributed by atoms with Crippen LogP contribution in [0.4, 0.5) is 0 Å². The molecule has 0 aromatic heterocycles. The number of ether oxygens (including phenoxy) is 1. The van der Waals surface area contributed by atoms with Crippen molar-refractivity contribution in [2.24, 2.45) is 0 Å². The molecule has 0 bridgehead atoms. The molecule has 2 rings (SSSR count). The summed E-state index contributed by atoms with van der Waals surface area (Å²) >= 11 is 0. The second-order valence-electron chi connectivity index (χ2n) is 3.90. The molecular weight excluding hydrogens is 176 g/mol. The summed E-state index contributed by atoms with van der Waals surface area (Å²) in [7, 11) is 0. The van der Waals surface area contributed by atoms with E-state index in [1.807, 2.05) is 6.07 Å². The van der Waals surface area contributed by atoms with E-state index in [2.05, 4.69) is 24.3 Å². The lowest BCUT2D eigenvalue weighted by Crippen LogP contribution is -2.11. The molecule has 0 spiro atoms. The Bertz CT molecular complexity index is 282. The second kappa shape index (κ2) is 4.11. The van der Waals surface area contributed by atoms with Crippen LogP contribution in [0.3, 0.4) is 0 Å². The monoisotopic (exact) mass is 192 g/mol. The van der Waals surface area contributed by atoms with Gasteiger partial charge in [-0.2, -0.15) is 0 Å². The van der Waals surface area contributed by atoms with Gasteiger partial charge in [-0.1, -0.05) is 30.3 Å². The summed E-state index contributed by atoms with van der Waals surface area (Å²) in [6.45, 7) is 1.78. The third-order valence-corrected chi connectivity index (χ3v) is 2.66. The highest BCUT2D eigenvalue weighted by Crippen LogP contribution is 2.29. The number of benzene rings is 1. The molecule has 0 aliphatic carbocycles. The van der Waals surface area contributed by atoms with Gasteiger partial charge in [0.05, 0.1) is 12.2 Å². The van der Waals surface area contributed by atoms with Crippen LogP contribution in [-0.4, -0.2) is 23.4 Å². The van der Waals surface area contributed by atoms with E-state index in [1.54, 1.807) is 6.92 Å². The maximum Gasteiger partial charge on any atom is 0.110 e. The molecule has 3 atom stereocenters. The summed E-state index contributed by atoms with van der Waals surface area (Å²) in [5.41, 5.74) is 1.34. The summed E-state index contributed by atoms with van der Waals surface area (Å²) in [6.07, 6.45) is 2.08. The predicted molar refractivity (Wildman–Crippen MR) is 55.1 cm³/mol. The number of aliphatic hydroxyl groups is 1. The van der Waals surface area contributed by atoms with Crippen molar-refractivity contribution in [2.45, 2.75) is 38.1 Å². The van der Waals surface area contributed by atoms with E-state index < -0.39 is 0 Å². The highest BCUT2D eigenvalue weighted by molar-refractivity contribution is 5.15. The zero-order valence-corrected chi connectivity index (χ0v) is 8.39. The minimum atomic E-state index is -0.323. The van der Waals surface area contributed by atoms with E-state index in [4.69, 9.17) is 4.74 Å². The van der Waals surface area contributed by atoms with E-state index >= 15 is 0 Å². The average molecular weight is 192 g/mol. The van der Waals surface area contributed by atoms with Crippen molar-refractivity contribution in [1.29, 1.82) is 0 Å². The maximum absolute atomic E-state index is 9.23. The number of aliphatic hydroxyl groups excluding tert-OH is 1. The van der Waals surface area contributed by atoms with Gasteiger partial charge in [0, 0.05) is 0 Å². The summed E-state index contributed by atoms with van der Waals surface area (Å²) in [5.74, 6) is 0. The molecule has 1 aromatic carbocycles. The maximum atomic E-state index is 9.23. The second-order valence-corrected chi connectivity index (χ2v) is 3.90. The van der Waals surface area contributed by atoms with Crippen molar-refractivity contribution in [2.75, 3.05) is 0 Å². The molecule has 76 valence electrons. The van der Waals surface area contributed by atoms with Gasteiger partial charge < -0.3 is 9.84 Å². The molecule has 0 unspecified atom stereocenters. The topological polar surface area (TPSA) is 32.8 Å². The van der Waals surface area contributed by atoms with E-state index in [1.165, 1.54) is 5.56 Å². The SMILES string of the molecule is C[C@H](O)[C@@H]1O[C@H]1CCc1ccccc1. The number of hydrogen-bond donors (Lipinski definition) is 1. The fourth-order valence-electron chi connectivity index (χ4n) is 1.77. The molecule has 0 saturated carbocycles. The van der Waals surface area contributed by atoms with E-state index in [0.717, 1.165) is 12.8 Å². The van der Waals surface area contributed by atoms with Crippen LogP contribution in [0.15, 0.2) is 30.3 Å². The molecule has 1 heterocycles. The summed E-state index contributed by atoms with van der Waals surface area (Å²) in [4.78, 5) is 0. The highest BCUT2D eigenvalue weighted by Gasteiger charge is 2.41. The van der Waals surface area contributed by atoms with Gasteiger partial charge in [-0.3, -0.25) is 0 Å². The van der Waals surface area contributed by atoms with Crippen LogP contribution in [0.5, 0.6) is 0 Å². The Morgan fingerprint density at radius 2 is 2.07 bits per heavy atom. The normalized spacial score (nSPS) is 27.3. The Kier molecular flexibility index (Phi) is 2.85. The lowest BCUT2D eigenvalue weighted by atomic mass is 10.1. The predicted octanol–water partition coefficient (Wildman–Crippen LogP) is 1.77. The van der Waals surface area contributed by atoms with Crippen molar-refractivity contribution in [3.05, 3.63) is 35.9 Å². The van der Waals surface area contributed by atoms with Crippen molar-refractivity contribution in [3.63, 3.8) is 0 Å². The minimum Gasteiger partial charge on any atom is -0.391 e. The standard InChI is InChI=1S/C12H16O2/c1-9(13)12-11(14-12)8-7-10-5-3-2-4-6-10/h2-6,9,11-13H,7-8H2,1H3/t9-,11-,12-/m0/s1. The Morgan fingerprint density at radius 3 is 2.64 bits per heavy atom. The molecule has 1 aliphatic heterocycles. The van der Waals surface area contributed by atoms with Gasteiger partial charge in [0.1, 0.15) is 6.10 Å². The molecular formula is C12H16O2. The summed E-state index contributed by atoms with van der Waals surface area (Å²) in [6, 6.07) is 10.4. The first-order chi connectivity index (χ1) is 6.77. The number of rotatable bonds is 4. The van der Waals surface area contributed by atoms with Gasteiger partial charge >= 0.3 is 0 Å². The van der Waals surface area contributed by atoms with Gasteiger partial charge in [-0.15, -0.1) is 0 Å². The lowest BCUT2D eigenvalue weighted by molar-refractivity contribution is 0.152. The Balaban J connectivity index is 1.75. The van der Waals surface area contributed by atoms with E-state index in [9.17, 15) is 5.11 Å². The number of epoxide rings is 1. The minimum absolute atomic E-state index is 0.0821. The smallest absolute Gasteiger partial charge is 0.110 e. The summed E-state index contributed by atoms with van der Waals surface area (Å²) < 4.78 is 5.35. The average Bonchev–Trinajstić information content (AvgIpc) is 2.96. The van der Waals surface area contributed by atoms with Gasteiger partial charge in [-0.05, 0) is 25.3 Å². The molecule has 2 heteroatoms. The molecule has 0 amide bonds. The Morgan fingerprint density at radius 1 is 1.36 bits per heavy atom. The van der Waals surface area contributed by atoms with Gasteiger partial charge in [-0.25, -0.2) is 0 Å². The van der Waals surface area contributed by atoms with Crippen LogP contribution >= 0.6 is 0 Å². The van der Waals surface area contributed by atoms with Crippen LogP contribution < -0.4 is 0 Å². The quantitative estimate of drug-likeness (QED) is 0.737. The molecule has 1 aromatic rings. The zero-order valence-electron chi connectivity index (χ0n) is 8.39. The van der Waals surface area contributed by atoms with E-state index in [0.29, 0.717) is 0 Å².